The van der Waals surface area contributed by atoms with Crippen molar-refractivity contribution < 1.29 is 13.3 Å². The molecule has 2 aromatic rings. The van der Waals surface area contributed by atoms with Gasteiger partial charge in [0.15, 0.2) is 4.90 Å². The highest BCUT2D eigenvalue weighted by Gasteiger charge is 2.33. The molecule has 1 aromatic heterocycles. The summed E-state index contributed by atoms with van der Waals surface area (Å²) in [6, 6.07) is 5.40. The molecule has 134 valence electrons. The molecule has 0 N–H and O–H groups in total. The molecule has 0 atom stereocenters. The number of benzene rings is 1. The lowest BCUT2D eigenvalue weighted by atomic mass is 10.3. The minimum absolute atomic E-state index is 0.253. The number of hydrogen-bond acceptors (Lipinski definition) is 6. The number of para-hydroxylation sites is 1. The molecule has 0 saturated carbocycles. The molecular formula is C14H16ClN5O4S. The quantitative estimate of drug-likeness (QED) is 0.569. The monoisotopic (exact) mass is 385 g/mol. The Morgan fingerprint density at radius 1 is 1.20 bits per heavy atom. The highest BCUT2D eigenvalue weighted by molar-refractivity contribution is 7.89. The first-order valence-corrected chi connectivity index (χ1v) is 9.33. The van der Waals surface area contributed by atoms with Crippen LogP contribution in [-0.4, -0.2) is 58.5 Å². The van der Waals surface area contributed by atoms with Gasteiger partial charge in [0, 0.05) is 38.4 Å². The number of piperazine rings is 1. The number of nitro groups is 1. The molecule has 1 saturated heterocycles. The molecule has 0 radical (unpaired) electrons. The van der Waals surface area contributed by atoms with E-state index in [0.29, 0.717) is 24.8 Å². The van der Waals surface area contributed by atoms with Crippen LogP contribution >= 0.6 is 11.6 Å². The van der Waals surface area contributed by atoms with Crippen LogP contribution in [0.1, 0.15) is 0 Å². The molecule has 0 unspecified atom stereocenters. The first kappa shape index (κ1) is 17.8. The van der Waals surface area contributed by atoms with Crippen LogP contribution < -0.4 is 0 Å². The first-order chi connectivity index (χ1) is 11.9. The normalized spacial score (nSPS) is 16.8. The Morgan fingerprint density at radius 2 is 1.88 bits per heavy atom. The fourth-order valence-electron chi connectivity index (χ4n) is 2.70. The van der Waals surface area contributed by atoms with Gasteiger partial charge in [-0.25, -0.2) is 8.42 Å². The molecule has 1 aliphatic rings. The molecular weight excluding hydrogens is 370 g/mol. The minimum atomic E-state index is -3.91. The Bertz CT molecular complexity index is 877. The van der Waals surface area contributed by atoms with Crippen molar-refractivity contribution in [3.05, 3.63) is 51.8 Å². The van der Waals surface area contributed by atoms with Gasteiger partial charge in [-0.1, -0.05) is 23.7 Å². The van der Waals surface area contributed by atoms with Gasteiger partial charge < -0.3 is 0 Å². The number of aromatic nitrogens is 2. The SMILES string of the molecule is O=[N+]([O-])c1ccccc1S(=O)(=O)N1CCN(Cn2cc(Cl)cn2)CC1. The van der Waals surface area contributed by atoms with Crippen molar-refractivity contribution >= 4 is 27.3 Å². The summed E-state index contributed by atoms with van der Waals surface area (Å²) in [4.78, 5) is 12.2. The van der Waals surface area contributed by atoms with E-state index in [2.05, 4.69) is 5.10 Å². The van der Waals surface area contributed by atoms with Gasteiger partial charge in [-0.15, -0.1) is 0 Å². The van der Waals surface area contributed by atoms with Crippen molar-refractivity contribution in [2.75, 3.05) is 26.2 Å². The van der Waals surface area contributed by atoms with Crippen molar-refractivity contribution in [1.82, 2.24) is 19.0 Å². The van der Waals surface area contributed by atoms with Crippen LogP contribution in [0.4, 0.5) is 5.69 Å². The number of sulfonamides is 1. The van der Waals surface area contributed by atoms with E-state index in [0.717, 1.165) is 0 Å². The molecule has 1 aromatic carbocycles. The van der Waals surface area contributed by atoms with E-state index in [9.17, 15) is 18.5 Å². The van der Waals surface area contributed by atoms with Gasteiger partial charge in [-0.05, 0) is 6.07 Å². The summed E-state index contributed by atoms with van der Waals surface area (Å²) in [5, 5.41) is 15.7. The Kier molecular flexibility index (Phi) is 5.04. The van der Waals surface area contributed by atoms with E-state index in [1.165, 1.54) is 34.8 Å². The smallest absolute Gasteiger partial charge is 0.282 e. The summed E-state index contributed by atoms with van der Waals surface area (Å²) in [6.07, 6.45) is 3.23. The summed E-state index contributed by atoms with van der Waals surface area (Å²) >= 11 is 5.82. The maximum absolute atomic E-state index is 12.7. The first-order valence-electron chi connectivity index (χ1n) is 7.52. The molecule has 1 fully saturated rings. The van der Waals surface area contributed by atoms with Crippen LogP contribution in [0.15, 0.2) is 41.6 Å². The summed E-state index contributed by atoms with van der Waals surface area (Å²) in [5.41, 5.74) is -0.406. The maximum atomic E-state index is 12.7. The summed E-state index contributed by atoms with van der Waals surface area (Å²) in [6.45, 7) is 2.01. The predicted octanol–water partition coefficient (Wildman–Crippen LogP) is 1.41. The van der Waals surface area contributed by atoms with Gasteiger partial charge in [0.1, 0.15) is 0 Å². The zero-order chi connectivity index (χ0) is 18.0. The van der Waals surface area contributed by atoms with Crippen LogP contribution in [-0.2, 0) is 16.7 Å². The van der Waals surface area contributed by atoms with E-state index in [1.54, 1.807) is 10.9 Å². The van der Waals surface area contributed by atoms with Crippen molar-refractivity contribution in [1.29, 1.82) is 0 Å². The maximum Gasteiger partial charge on any atom is 0.289 e. The second kappa shape index (κ2) is 7.08. The van der Waals surface area contributed by atoms with Crippen LogP contribution in [0.2, 0.25) is 5.02 Å². The van der Waals surface area contributed by atoms with Gasteiger partial charge >= 0.3 is 0 Å². The van der Waals surface area contributed by atoms with E-state index in [-0.39, 0.29) is 18.0 Å². The summed E-state index contributed by atoms with van der Waals surface area (Å²) in [7, 11) is -3.91. The number of nitro benzene ring substituents is 1. The minimum Gasteiger partial charge on any atom is -0.282 e. The topological polar surface area (TPSA) is 102 Å². The van der Waals surface area contributed by atoms with Gasteiger partial charge in [0.05, 0.1) is 22.8 Å². The molecule has 0 bridgehead atoms. The number of hydrogen-bond donors (Lipinski definition) is 0. The molecule has 1 aliphatic heterocycles. The molecule has 3 rings (SSSR count). The Hall–Kier alpha value is -2.01. The average Bonchev–Trinajstić information content (AvgIpc) is 3.00. The summed E-state index contributed by atoms with van der Waals surface area (Å²) in [5.74, 6) is 0. The third kappa shape index (κ3) is 3.82. The van der Waals surface area contributed by atoms with Crippen molar-refractivity contribution in [2.24, 2.45) is 0 Å². The molecule has 0 amide bonds. The predicted molar refractivity (Wildman–Crippen MR) is 90.7 cm³/mol. The van der Waals surface area contributed by atoms with Crippen LogP contribution in [0.25, 0.3) is 0 Å². The fourth-order valence-corrected chi connectivity index (χ4v) is 4.43. The molecule has 0 spiro atoms. The fraction of sp³-hybridized carbons (Fsp3) is 0.357. The average molecular weight is 386 g/mol. The second-order valence-electron chi connectivity index (χ2n) is 5.59. The zero-order valence-corrected chi connectivity index (χ0v) is 14.7. The van der Waals surface area contributed by atoms with Crippen molar-refractivity contribution in [2.45, 2.75) is 11.6 Å². The third-order valence-corrected chi connectivity index (χ3v) is 6.10. The highest BCUT2D eigenvalue weighted by Crippen LogP contribution is 2.26. The summed E-state index contributed by atoms with van der Waals surface area (Å²) < 4.78 is 28.5. The van der Waals surface area contributed by atoms with Gasteiger partial charge in [0.25, 0.3) is 5.69 Å². The lowest BCUT2D eigenvalue weighted by Gasteiger charge is -2.33. The van der Waals surface area contributed by atoms with Gasteiger partial charge in [-0.2, -0.15) is 9.40 Å². The largest absolute Gasteiger partial charge is 0.289 e. The molecule has 2 heterocycles. The second-order valence-corrected chi connectivity index (χ2v) is 7.93. The van der Waals surface area contributed by atoms with Crippen molar-refractivity contribution in [3.8, 4) is 0 Å². The van der Waals surface area contributed by atoms with Crippen molar-refractivity contribution in [3.63, 3.8) is 0 Å². The standard InChI is InChI=1S/C14H16ClN5O4S/c15-12-9-16-18(10-12)11-17-5-7-19(8-6-17)25(23,24)14-4-2-1-3-13(14)20(21)22/h1-4,9-10H,5-8,11H2. The van der Waals surface area contributed by atoms with E-state index in [4.69, 9.17) is 11.6 Å². The molecule has 0 aliphatic carbocycles. The van der Waals surface area contributed by atoms with E-state index >= 15 is 0 Å². The van der Waals surface area contributed by atoms with Crippen LogP contribution in [0.3, 0.4) is 0 Å². The zero-order valence-electron chi connectivity index (χ0n) is 13.2. The van der Waals surface area contributed by atoms with Crippen LogP contribution in [0, 0.1) is 10.1 Å². The number of halogens is 1. The lowest BCUT2D eigenvalue weighted by molar-refractivity contribution is -0.387. The van der Waals surface area contributed by atoms with E-state index in [1.807, 2.05) is 4.90 Å². The number of rotatable bonds is 5. The Morgan fingerprint density at radius 3 is 2.48 bits per heavy atom. The Balaban J connectivity index is 1.71. The third-order valence-electron chi connectivity index (χ3n) is 3.96. The van der Waals surface area contributed by atoms with Gasteiger partial charge in [-0.3, -0.25) is 19.7 Å². The molecule has 11 heteroatoms. The van der Waals surface area contributed by atoms with Crippen LogP contribution in [0.5, 0.6) is 0 Å². The van der Waals surface area contributed by atoms with E-state index < -0.39 is 20.6 Å². The number of nitrogens with zero attached hydrogens (tertiary/aromatic N) is 5. The molecule has 9 nitrogen and oxygen atoms in total. The molecule has 25 heavy (non-hydrogen) atoms. The Labute approximate surface area is 149 Å². The highest BCUT2D eigenvalue weighted by atomic mass is 35.5. The van der Waals surface area contributed by atoms with Gasteiger partial charge in [0.2, 0.25) is 10.0 Å². The lowest BCUT2D eigenvalue weighted by Crippen LogP contribution is -2.48.